The minimum absolute atomic E-state index is 0.0389. The number of quaternary nitrogens is 1. The maximum absolute atomic E-state index is 13.7. The number of amides is 4. The third-order valence-electron chi connectivity index (χ3n) is 6.96. The van der Waals surface area contributed by atoms with Gasteiger partial charge in [-0.05, 0) is 24.3 Å². The van der Waals surface area contributed by atoms with Gasteiger partial charge in [0.1, 0.15) is 6.42 Å². The molecular formula is C26H30F2N7O4+. The first-order valence-electron chi connectivity index (χ1n) is 12.7. The number of benzene rings is 1. The van der Waals surface area contributed by atoms with Gasteiger partial charge in [-0.1, -0.05) is 0 Å². The van der Waals surface area contributed by atoms with Crippen LogP contribution in [-0.4, -0.2) is 96.8 Å². The van der Waals surface area contributed by atoms with Gasteiger partial charge in [-0.2, -0.15) is 0 Å². The van der Waals surface area contributed by atoms with Gasteiger partial charge in [-0.3, -0.25) is 33.9 Å². The molecule has 39 heavy (non-hydrogen) atoms. The molecule has 2 aliphatic rings. The number of fused-ring (bicyclic) bond motifs is 1. The van der Waals surface area contributed by atoms with E-state index in [0.717, 1.165) is 18.0 Å². The second kappa shape index (κ2) is 11.7. The van der Waals surface area contributed by atoms with Crippen LogP contribution in [0.4, 0.5) is 14.5 Å². The summed E-state index contributed by atoms with van der Waals surface area (Å²) in [6.07, 6.45) is -0.427. The Hall–Kier alpha value is -4.18. The van der Waals surface area contributed by atoms with Gasteiger partial charge in [0.15, 0.2) is 0 Å². The first-order valence-corrected chi connectivity index (χ1v) is 12.7. The van der Waals surface area contributed by atoms with E-state index in [1.807, 2.05) is 0 Å². The molecule has 0 unspecified atom stereocenters. The highest BCUT2D eigenvalue weighted by Crippen LogP contribution is 2.32. The van der Waals surface area contributed by atoms with E-state index in [9.17, 15) is 28.0 Å². The Morgan fingerprint density at radius 3 is 2.64 bits per heavy atom. The van der Waals surface area contributed by atoms with E-state index in [0.29, 0.717) is 29.7 Å². The topological polar surface area (TPSA) is 124 Å². The first kappa shape index (κ1) is 27.8. The number of aromatic nitrogens is 1. The van der Waals surface area contributed by atoms with E-state index in [-0.39, 0.29) is 30.2 Å². The number of alkyl halides is 2. The van der Waals surface area contributed by atoms with Crippen LogP contribution < -0.4 is 15.5 Å². The quantitative estimate of drug-likeness (QED) is 0.485. The first-order chi connectivity index (χ1) is 18.6. The molecule has 0 bridgehead atoms. The second-order valence-electron chi connectivity index (χ2n) is 9.63. The summed E-state index contributed by atoms with van der Waals surface area (Å²) in [7, 11) is 1.58. The van der Waals surface area contributed by atoms with Crippen LogP contribution in [0.1, 0.15) is 29.6 Å². The zero-order valence-corrected chi connectivity index (χ0v) is 21.5. The molecule has 3 N–H and O–H groups in total. The maximum atomic E-state index is 13.7. The van der Waals surface area contributed by atoms with Gasteiger partial charge in [-0.15, -0.1) is 0 Å². The van der Waals surface area contributed by atoms with E-state index < -0.39 is 43.4 Å². The van der Waals surface area contributed by atoms with Crippen LogP contribution in [0.3, 0.4) is 0 Å². The Labute approximate surface area is 223 Å². The average Bonchev–Trinajstić information content (AvgIpc) is 3.28. The number of pyridine rings is 1. The molecule has 1 atom stereocenters. The predicted octanol–water partition coefficient (Wildman–Crippen LogP) is 0.226. The van der Waals surface area contributed by atoms with Gasteiger partial charge >= 0.3 is 6.17 Å². The van der Waals surface area contributed by atoms with Crippen LogP contribution >= 0.6 is 0 Å². The number of rotatable bonds is 7. The molecule has 0 spiro atoms. The fourth-order valence-electron chi connectivity index (χ4n) is 4.74. The molecule has 4 rings (SSSR count). The minimum atomic E-state index is -3.14. The molecular weight excluding hydrogens is 512 g/mol. The lowest BCUT2D eigenvalue weighted by molar-refractivity contribution is -0.662. The van der Waals surface area contributed by atoms with Crippen molar-refractivity contribution in [2.75, 3.05) is 51.2 Å². The SMILES string of the molecule is [C-]#[N+][C@@H]1CC(F)(F)CN1C(=O)CNC(=O)c1ccnc2ccc(N(C)C(=O)CCC(=O)N3CC[NH2+]CC3)cc12. The molecule has 0 saturated carbocycles. The van der Waals surface area contributed by atoms with Crippen molar-refractivity contribution in [1.82, 2.24) is 20.1 Å². The van der Waals surface area contributed by atoms with Gasteiger partial charge in [0.25, 0.3) is 11.8 Å². The highest BCUT2D eigenvalue weighted by molar-refractivity contribution is 6.08. The van der Waals surface area contributed by atoms with Gasteiger partial charge in [-0.25, -0.2) is 15.4 Å². The number of halogens is 2. The number of piperazine rings is 1. The number of nitrogens with two attached hydrogens (primary N) is 1. The number of likely N-dealkylation sites (tertiary alicyclic amines) is 1. The summed E-state index contributed by atoms with van der Waals surface area (Å²) in [4.78, 5) is 62.0. The van der Waals surface area contributed by atoms with Gasteiger partial charge in [0, 0.05) is 37.2 Å². The zero-order chi connectivity index (χ0) is 28.2. The molecule has 1 aromatic carbocycles. The fourth-order valence-corrected chi connectivity index (χ4v) is 4.74. The fraction of sp³-hybridized carbons (Fsp3) is 0.462. The van der Waals surface area contributed by atoms with Crippen molar-refractivity contribution in [1.29, 1.82) is 0 Å². The number of nitrogens with zero attached hydrogens (tertiary/aromatic N) is 5. The van der Waals surface area contributed by atoms with Crippen molar-refractivity contribution in [3.8, 4) is 0 Å². The highest BCUT2D eigenvalue weighted by atomic mass is 19.3. The summed E-state index contributed by atoms with van der Waals surface area (Å²) in [5.41, 5.74) is 1.15. The lowest BCUT2D eigenvalue weighted by atomic mass is 10.1. The van der Waals surface area contributed by atoms with Crippen LogP contribution in [0.5, 0.6) is 0 Å². The molecule has 2 aromatic rings. The summed E-state index contributed by atoms with van der Waals surface area (Å²) in [6.45, 7) is 8.70. The molecule has 0 radical (unpaired) electrons. The van der Waals surface area contributed by atoms with Crippen molar-refractivity contribution in [3.63, 3.8) is 0 Å². The van der Waals surface area contributed by atoms with Crippen molar-refractivity contribution >= 4 is 40.2 Å². The minimum Gasteiger partial charge on any atom is -0.343 e. The average molecular weight is 543 g/mol. The van der Waals surface area contributed by atoms with Crippen LogP contribution in [0.15, 0.2) is 30.5 Å². The molecule has 1 aromatic heterocycles. The molecule has 2 saturated heterocycles. The number of nitrogens with one attached hydrogen (secondary N) is 1. The van der Waals surface area contributed by atoms with Gasteiger partial charge in [0.2, 0.25) is 17.7 Å². The van der Waals surface area contributed by atoms with E-state index >= 15 is 0 Å². The summed E-state index contributed by atoms with van der Waals surface area (Å²) >= 11 is 0. The van der Waals surface area contributed by atoms with Crippen LogP contribution in [0.2, 0.25) is 0 Å². The Balaban J connectivity index is 1.42. The number of carbonyl (C=O) groups excluding carboxylic acids is 4. The largest absolute Gasteiger partial charge is 0.343 e. The van der Waals surface area contributed by atoms with Crippen molar-refractivity contribution in [2.45, 2.75) is 31.4 Å². The van der Waals surface area contributed by atoms with Crippen molar-refractivity contribution in [3.05, 3.63) is 47.4 Å². The third-order valence-corrected chi connectivity index (χ3v) is 6.96. The molecule has 2 aliphatic heterocycles. The maximum Gasteiger partial charge on any atom is 0.306 e. The third kappa shape index (κ3) is 6.46. The molecule has 0 aliphatic carbocycles. The molecule has 3 heterocycles. The summed E-state index contributed by atoms with van der Waals surface area (Å²) in [5.74, 6) is -4.86. The molecule has 2 fully saturated rings. The highest BCUT2D eigenvalue weighted by Gasteiger charge is 2.50. The summed E-state index contributed by atoms with van der Waals surface area (Å²) in [6, 6.07) is 6.40. The van der Waals surface area contributed by atoms with Gasteiger partial charge < -0.3 is 20.4 Å². The van der Waals surface area contributed by atoms with Crippen LogP contribution in [0.25, 0.3) is 15.7 Å². The van der Waals surface area contributed by atoms with E-state index in [1.54, 1.807) is 30.1 Å². The Bertz CT molecular complexity index is 1320. The summed E-state index contributed by atoms with van der Waals surface area (Å²) in [5, 5.41) is 5.01. The monoisotopic (exact) mass is 542 g/mol. The number of anilines is 1. The summed E-state index contributed by atoms with van der Waals surface area (Å²) < 4.78 is 27.4. The molecule has 11 nitrogen and oxygen atoms in total. The molecule has 206 valence electrons. The molecule has 4 amide bonds. The van der Waals surface area contributed by atoms with Crippen LogP contribution in [0, 0.1) is 6.57 Å². The lowest BCUT2D eigenvalue weighted by Crippen LogP contribution is -2.89. The van der Waals surface area contributed by atoms with Gasteiger partial charge in [0.05, 0.1) is 50.3 Å². The Kier molecular flexibility index (Phi) is 8.35. The second-order valence-corrected chi connectivity index (χ2v) is 9.63. The zero-order valence-electron chi connectivity index (χ0n) is 21.5. The number of hydrogen-bond donors (Lipinski definition) is 2. The Morgan fingerprint density at radius 1 is 1.18 bits per heavy atom. The van der Waals surface area contributed by atoms with Crippen molar-refractivity contribution < 1.29 is 33.3 Å². The smallest absolute Gasteiger partial charge is 0.306 e. The van der Waals surface area contributed by atoms with E-state index in [4.69, 9.17) is 6.57 Å². The number of hydrogen-bond acceptors (Lipinski definition) is 5. The van der Waals surface area contributed by atoms with Crippen molar-refractivity contribution in [2.24, 2.45) is 0 Å². The normalized spacial score (nSPS) is 18.5. The predicted molar refractivity (Wildman–Crippen MR) is 137 cm³/mol. The van der Waals surface area contributed by atoms with Crippen LogP contribution in [-0.2, 0) is 14.4 Å². The standard InChI is InChI=1S/C26H29F2N7O4/c1-29-21-14-26(27,28)16-35(21)24(38)15-32-25(39)18-7-8-31-20-4-3-17(13-19(18)20)33(2)22(36)5-6-23(37)34-11-9-30-10-12-34/h3-4,7-8,13,21,30H,5-6,9-12,14-16H2,2H3,(H,32,39)/p+1/t21-/m0/s1. The Morgan fingerprint density at radius 2 is 1.92 bits per heavy atom. The van der Waals surface area contributed by atoms with E-state index in [1.165, 1.54) is 17.2 Å². The molecule has 13 heteroatoms. The lowest BCUT2D eigenvalue weighted by Gasteiger charge is -2.25. The number of carbonyl (C=O) groups is 4. The van der Waals surface area contributed by atoms with E-state index in [2.05, 4.69) is 20.5 Å².